The van der Waals surface area contributed by atoms with Gasteiger partial charge in [0.1, 0.15) is 5.75 Å². The van der Waals surface area contributed by atoms with Gasteiger partial charge in [-0.15, -0.1) is 0 Å². The molecule has 0 aliphatic rings. The van der Waals surface area contributed by atoms with Gasteiger partial charge in [0, 0.05) is 25.4 Å². The minimum absolute atomic E-state index is 0.0172. The van der Waals surface area contributed by atoms with Gasteiger partial charge in [-0.2, -0.15) is 5.10 Å². The van der Waals surface area contributed by atoms with Crippen LogP contribution in [0.25, 0.3) is 0 Å². The second kappa shape index (κ2) is 6.04. The van der Waals surface area contributed by atoms with Gasteiger partial charge in [0.2, 0.25) is 0 Å². The van der Waals surface area contributed by atoms with Gasteiger partial charge in [0.25, 0.3) is 5.91 Å². The van der Waals surface area contributed by atoms with Gasteiger partial charge >= 0.3 is 0 Å². The molecule has 1 amide bonds. The molecule has 100 valence electrons. The zero-order valence-electron chi connectivity index (χ0n) is 11.1. The van der Waals surface area contributed by atoms with E-state index in [0.29, 0.717) is 12.3 Å². The van der Waals surface area contributed by atoms with Gasteiger partial charge in [0.15, 0.2) is 6.61 Å². The van der Waals surface area contributed by atoms with E-state index in [1.54, 1.807) is 10.9 Å². The molecule has 1 N–H and O–H groups in total. The Kier molecular flexibility index (Phi) is 4.18. The molecule has 2 aromatic rings. The maximum Gasteiger partial charge on any atom is 0.258 e. The number of aromatic nitrogens is 2. The van der Waals surface area contributed by atoms with Crippen LogP contribution < -0.4 is 10.1 Å². The molecule has 0 saturated carbocycles. The molecule has 0 aliphatic carbocycles. The van der Waals surface area contributed by atoms with Crippen LogP contribution in [-0.2, 0) is 18.4 Å². The fourth-order valence-electron chi connectivity index (χ4n) is 1.60. The number of aryl methyl sites for hydroxylation is 2. The molecule has 0 unspecified atom stereocenters. The molecule has 2 rings (SSSR count). The smallest absolute Gasteiger partial charge is 0.258 e. The summed E-state index contributed by atoms with van der Waals surface area (Å²) in [6.45, 7) is 2.48. The van der Waals surface area contributed by atoms with Crippen molar-refractivity contribution in [2.75, 3.05) is 6.61 Å². The van der Waals surface area contributed by atoms with Crippen molar-refractivity contribution in [3.8, 4) is 5.75 Å². The minimum Gasteiger partial charge on any atom is -0.484 e. The summed E-state index contributed by atoms with van der Waals surface area (Å²) in [7, 11) is 1.84. The van der Waals surface area contributed by atoms with E-state index in [1.807, 2.05) is 44.4 Å². The van der Waals surface area contributed by atoms with Crippen molar-refractivity contribution in [2.24, 2.45) is 7.05 Å². The lowest BCUT2D eigenvalue weighted by Gasteiger charge is -2.06. The average molecular weight is 259 g/mol. The molecule has 1 aromatic heterocycles. The molecule has 0 spiro atoms. The molecule has 0 fully saturated rings. The van der Waals surface area contributed by atoms with Gasteiger partial charge in [-0.25, -0.2) is 0 Å². The van der Waals surface area contributed by atoms with Crippen molar-refractivity contribution in [3.63, 3.8) is 0 Å². The molecule has 0 atom stereocenters. The van der Waals surface area contributed by atoms with Gasteiger partial charge in [-0.3, -0.25) is 9.48 Å². The van der Waals surface area contributed by atoms with Crippen molar-refractivity contribution >= 4 is 5.91 Å². The molecular formula is C14H17N3O2. The Morgan fingerprint density at radius 3 is 2.74 bits per heavy atom. The highest BCUT2D eigenvalue weighted by molar-refractivity contribution is 5.77. The van der Waals surface area contributed by atoms with Crippen molar-refractivity contribution in [3.05, 3.63) is 47.8 Å². The summed E-state index contributed by atoms with van der Waals surface area (Å²) in [6, 6.07) is 7.60. The van der Waals surface area contributed by atoms with E-state index in [0.717, 1.165) is 11.1 Å². The number of benzene rings is 1. The van der Waals surface area contributed by atoms with Crippen molar-refractivity contribution in [1.82, 2.24) is 15.1 Å². The summed E-state index contributed by atoms with van der Waals surface area (Å²) in [6.07, 6.45) is 3.59. The first kappa shape index (κ1) is 13.1. The van der Waals surface area contributed by atoms with Crippen LogP contribution in [0.5, 0.6) is 5.75 Å². The van der Waals surface area contributed by atoms with E-state index in [2.05, 4.69) is 10.4 Å². The first-order chi connectivity index (χ1) is 9.13. The van der Waals surface area contributed by atoms with E-state index in [9.17, 15) is 4.79 Å². The fourth-order valence-corrected chi connectivity index (χ4v) is 1.60. The van der Waals surface area contributed by atoms with E-state index < -0.39 is 0 Å². The van der Waals surface area contributed by atoms with E-state index in [1.165, 1.54) is 0 Å². The SMILES string of the molecule is Cc1ccc(OCC(=O)NCc2cnn(C)c2)cc1. The third kappa shape index (κ3) is 4.13. The Balaban J connectivity index is 1.74. The summed E-state index contributed by atoms with van der Waals surface area (Å²) in [4.78, 5) is 11.6. The Bertz CT molecular complexity index is 546. The monoisotopic (exact) mass is 259 g/mol. The predicted molar refractivity (Wildman–Crippen MR) is 71.7 cm³/mol. The lowest BCUT2D eigenvalue weighted by atomic mass is 10.2. The molecular weight excluding hydrogens is 242 g/mol. The molecule has 1 aromatic carbocycles. The number of nitrogens with zero attached hydrogens (tertiary/aromatic N) is 2. The summed E-state index contributed by atoms with van der Waals surface area (Å²) in [5.74, 6) is 0.548. The van der Waals surface area contributed by atoms with Gasteiger partial charge < -0.3 is 10.1 Å². The lowest BCUT2D eigenvalue weighted by Crippen LogP contribution is -2.28. The third-order valence-electron chi connectivity index (χ3n) is 2.64. The summed E-state index contributed by atoms with van der Waals surface area (Å²) < 4.78 is 7.08. The normalized spacial score (nSPS) is 10.2. The van der Waals surface area contributed by atoms with E-state index in [4.69, 9.17) is 4.74 Å². The van der Waals surface area contributed by atoms with Crippen LogP contribution >= 0.6 is 0 Å². The highest BCUT2D eigenvalue weighted by Gasteiger charge is 2.03. The highest BCUT2D eigenvalue weighted by atomic mass is 16.5. The second-order valence-electron chi connectivity index (χ2n) is 4.40. The largest absolute Gasteiger partial charge is 0.484 e. The number of hydrogen-bond acceptors (Lipinski definition) is 3. The third-order valence-corrected chi connectivity index (χ3v) is 2.64. The van der Waals surface area contributed by atoms with Gasteiger partial charge in [-0.1, -0.05) is 17.7 Å². The van der Waals surface area contributed by atoms with Crippen LogP contribution in [-0.4, -0.2) is 22.3 Å². The van der Waals surface area contributed by atoms with Gasteiger partial charge in [-0.05, 0) is 19.1 Å². The van der Waals surface area contributed by atoms with Crippen molar-refractivity contribution in [2.45, 2.75) is 13.5 Å². The fraction of sp³-hybridized carbons (Fsp3) is 0.286. The number of amides is 1. The molecule has 5 nitrogen and oxygen atoms in total. The quantitative estimate of drug-likeness (QED) is 0.883. The molecule has 19 heavy (non-hydrogen) atoms. The number of carbonyl (C=O) groups is 1. The average Bonchev–Trinajstić information content (AvgIpc) is 2.81. The number of rotatable bonds is 5. The number of hydrogen-bond donors (Lipinski definition) is 1. The first-order valence-electron chi connectivity index (χ1n) is 6.07. The maximum absolute atomic E-state index is 11.6. The highest BCUT2D eigenvalue weighted by Crippen LogP contribution is 2.10. The second-order valence-corrected chi connectivity index (χ2v) is 4.40. The van der Waals surface area contributed by atoms with Crippen LogP contribution in [0.15, 0.2) is 36.7 Å². The van der Waals surface area contributed by atoms with Crippen LogP contribution in [0.2, 0.25) is 0 Å². The molecule has 0 saturated heterocycles. The number of ether oxygens (including phenoxy) is 1. The Labute approximate surface area is 112 Å². The van der Waals surface area contributed by atoms with E-state index >= 15 is 0 Å². The molecule has 5 heteroatoms. The summed E-state index contributed by atoms with van der Waals surface area (Å²) >= 11 is 0. The van der Waals surface area contributed by atoms with Crippen LogP contribution in [0.1, 0.15) is 11.1 Å². The molecule has 1 heterocycles. The van der Waals surface area contributed by atoms with Crippen molar-refractivity contribution in [1.29, 1.82) is 0 Å². The molecule has 0 radical (unpaired) electrons. The first-order valence-corrected chi connectivity index (χ1v) is 6.07. The van der Waals surface area contributed by atoms with Crippen LogP contribution in [0.4, 0.5) is 0 Å². The Morgan fingerprint density at radius 1 is 1.37 bits per heavy atom. The summed E-state index contributed by atoms with van der Waals surface area (Å²) in [5, 5.41) is 6.81. The predicted octanol–water partition coefficient (Wildman–Crippen LogP) is 1.42. The number of carbonyl (C=O) groups excluding carboxylic acids is 1. The Morgan fingerprint density at radius 2 is 2.11 bits per heavy atom. The zero-order chi connectivity index (χ0) is 13.7. The van der Waals surface area contributed by atoms with Gasteiger partial charge in [0.05, 0.1) is 6.20 Å². The summed E-state index contributed by atoms with van der Waals surface area (Å²) in [5.41, 5.74) is 2.12. The minimum atomic E-state index is -0.149. The Hall–Kier alpha value is -2.30. The zero-order valence-corrected chi connectivity index (χ0v) is 11.1. The van der Waals surface area contributed by atoms with Crippen LogP contribution in [0.3, 0.4) is 0 Å². The van der Waals surface area contributed by atoms with E-state index in [-0.39, 0.29) is 12.5 Å². The standard InChI is InChI=1S/C14H17N3O2/c1-11-3-5-13(6-4-11)19-10-14(18)15-7-12-8-16-17(2)9-12/h3-6,8-9H,7,10H2,1-2H3,(H,15,18). The lowest BCUT2D eigenvalue weighted by molar-refractivity contribution is -0.123. The molecule has 0 bridgehead atoms. The number of nitrogens with one attached hydrogen (secondary N) is 1. The van der Waals surface area contributed by atoms with Crippen LogP contribution in [0, 0.1) is 6.92 Å². The maximum atomic E-state index is 11.6. The molecule has 0 aliphatic heterocycles. The van der Waals surface area contributed by atoms with Crippen molar-refractivity contribution < 1.29 is 9.53 Å². The topological polar surface area (TPSA) is 56.1 Å².